The van der Waals surface area contributed by atoms with E-state index in [1.165, 1.54) is 54.7 Å². The normalized spacial score (nSPS) is 14.4. The molecular weight excluding hydrogens is 416 g/mol. The molecule has 34 heavy (non-hydrogen) atoms. The first-order valence-corrected chi connectivity index (χ1v) is 12.0. The summed E-state index contributed by atoms with van der Waals surface area (Å²) in [5.41, 5.74) is 7.45. The van der Waals surface area contributed by atoms with Gasteiger partial charge in [-0.05, 0) is 47.9 Å². The molecule has 0 unspecified atom stereocenters. The number of para-hydroxylation sites is 2. The topological polar surface area (TPSA) is 36.9 Å². The van der Waals surface area contributed by atoms with Crippen LogP contribution >= 0.6 is 0 Å². The molecule has 164 valence electrons. The Hall–Kier alpha value is -4.23. The average Bonchev–Trinajstić information content (AvgIpc) is 3.36. The summed E-state index contributed by atoms with van der Waals surface area (Å²) in [6.45, 7) is 3.10. The van der Waals surface area contributed by atoms with Crippen LogP contribution in [0.2, 0.25) is 0 Å². The van der Waals surface area contributed by atoms with Gasteiger partial charge in [0.25, 0.3) is 0 Å². The minimum atomic E-state index is 0.598. The molecule has 4 heteroatoms. The van der Waals surface area contributed by atoms with Gasteiger partial charge in [0.1, 0.15) is 0 Å². The third-order valence-corrected chi connectivity index (χ3v) is 7.36. The summed E-state index contributed by atoms with van der Waals surface area (Å²) < 4.78 is 4.94. The molecule has 2 aromatic heterocycles. The standard InChI is InChI=1S/C30H24N4/c31-20-32-18-21-13-14-28-25(17-21)23-8-1-3-10-26(23)33(28)15-6-16-34-27-11-4-2-9-24(27)30-22(19-32)7-5-12-29(30)34/h1-5,7-14,17H,6,15-16,18-19H2. The number of hydrogen-bond acceptors (Lipinski definition) is 2. The maximum absolute atomic E-state index is 10.1. The van der Waals surface area contributed by atoms with Crippen LogP contribution in [0.4, 0.5) is 0 Å². The number of aromatic nitrogens is 2. The summed E-state index contributed by atoms with van der Waals surface area (Å²) in [4.78, 5) is 1.88. The molecule has 4 aromatic carbocycles. The van der Waals surface area contributed by atoms with E-state index >= 15 is 0 Å². The van der Waals surface area contributed by atoms with Gasteiger partial charge in [0.2, 0.25) is 0 Å². The van der Waals surface area contributed by atoms with Crippen molar-refractivity contribution < 1.29 is 0 Å². The van der Waals surface area contributed by atoms with Gasteiger partial charge < -0.3 is 14.0 Å². The first-order valence-electron chi connectivity index (χ1n) is 12.0. The summed E-state index contributed by atoms with van der Waals surface area (Å²) in [7, 11) is 0. The smallest absolute Gasteiger partial charge is 0.179 e. The van der Waals surface area contributed by atoms with Crippen LogP contribution in [0, 0.1) is 11.5 Å². The van der Waals surface area contributed by atoms with Crippen molar-refractivity contribution in [2.24, 2.45) is 0 Å². The first kappa shape index (κ1) is 19.3. The lowest BCUT2D eigenvalue weighted by Gasteiger charge is -2.17. The fourth-order valence-electron chi connectivity index (χ4n) is 5.92. The van der Waals surface area contributed by atoms with Crippen molar-refractivity contribution in [2.75, 3.05) is 0 Å². The third kappa shape index (κ3) is 2.77. The molecule has 4 nitrogen and oxygen atoms in total. The maximum Gasteiger partial charge on any atom is 0.179 e. The zero-order valence-electron chi connectivity index (χ0n) is 18.9. The Morgan fingerprint density at radius 1 is 0.618 bits per heavy atom. The molecular formula is C30H24N4. The number of nitrogens with zero attached hydrogens (tertiary/aromatic N) is 4. The van der Waals surface area contributed by atoms with Crippen LogP contribution in [-0.4, -0.2) is 14.0 Å². The summed E-state index contributed by atoms with van der Waals surface area (Å²) in [6.07, 6.45) is 3.50. The average molecular weight is 441 g/mol. The van der Waals surface area contributed by atoms with Crippen LogP contribution in [0.5, 0.6) is 0 Å². The Morgan fingerprint density at radius 2 is 1.29 bits per heavy atom. The second-order valence-electron chi connectivity index (χ2n) is 9.31. The highest BCUT2D eigenvalue weighted by Crippen LogP contribution is 2.34. The number of fused-ring (bicyclic) bond motifs is 7. The number of nitriles is 1. The second-order valence-corrected chi connectivity index (χ2v) is 9.31. The molecule has 2 aliphatic heterocycles. The predicted molar refractivity (Wildman–Crippen MR) is 138 cm³/mol. The van der Waals surface area contributed by atoms with Crippen molar-refractivity contribution in [3.8, 4) is 6.19 Å². The third-order valence-electron chi connectivity index (χ3n) is 7.36. The van der Waals surface area contributed by atoms with Crippen molar-refractivity contribution in [1.82, 2.24) is 14.0 Å². The highest BCUT2D eigenvalue weighted by molar-refractivity contribution is 6.10. The highest BCUT2D eigenvalue weighted by Gasteiger charge is 2.17. The van der Waals surface area contributed by atoms with Crippen molar-refractivity contribution in [3.05, 3.63) is 96.1 Å². The molecule has 0 amide bonds. The largest absolute Gasteiger partial charge is 0.340 e. The summed E-state index contributed by atoms with van der Waals surface area (Å²) in [5.74, 6) is 0. The van der Waals surface area contributed by atoms with Gasteiger partial charge in [-0.3, -0.25) is 0 Å². The highest BCUT2D eigenvalue weighted by atomic mass is 15.1. The molecule has 0 saturated carbocycles. The van der Waals surface area contributed by atoms with Gasteiger partial charge in [0, 0.05) is 56.7 Å². The van der Waals surface area contributed by atoms with E-state index in [1.54, 1.807) is 0 Å². The van der Waals surface area contributed by atoms with Crippen molar-refractivity contribution in [3.63, 3.8) is 0 Å². The maximum atomic E-state index is 10.1. The molecule has 0 fully saturated rings. The predicted octanol–water partition coefficient (Wildman–Crippen LogP) is 6.79. The molecule has 0 aliphatic carbocycles. The first-order chi connectivity index (χ1) is 16.8. The minimum absolute atomic E-state index is 0.598. The lowest BCUT2D eigenvalue weighted by atomic mass is 10.1. The van der Waals surface area contributed by atoms with Gasteiger partial charge in [0.15, 0.2) is 6.19 Å². The van der Waals surface area contributed by atoms with E-state index in [4.69, 9.17) is 0 Å². The number of hydrogen-bond donors (Lipinski definition) is 0. The van der Waals surface area contributed by atoms with Crippen LogP contribution in [0.3, 0.4) is 0 Å². The zero-order chi connectivity index (χ0) is 22.6. The van der Waals surface area contributed by atoms with Gasteiger partial charge in [-0.1, -0.05) is 54.6 Å². The van der Waals surface area contributed by atoms with Gasteiger partial charge in [-0.25, -0.2) is 0 Å². The van der Waals surface area contributed by atoms with E-state index in [9.17, 15) is 5.26 Å². The van der Waals surface area contributed by atoms with Crippen molar-refractivity contribution >= 4 is 43.6 Å². The fraction of sp³-hybridized carbons (Fsp3) is 0.167. The molecule has 0 saturated heterocycles. The quantitative estimate of drug-likeness (QED) is 0.244. The van der Waals surface area contributed by atoms with Gasteiger partial charge in [0.05, 0.1) is 13.1 Å². The Kier molecular flexibility index (Phi) is 4.19. The molecule has 8 bridgehead atoms. The number of aryl methyl sites for hydroxylation is 2. The summed E-state index contributed by atoms with van der Waals surface area (Å²) in [6, 6.07) is 30.6. The molecule has 0 atom stereocenters. The second kappa shape index (κ2) is 7.40. The number of rotatable bonds is 0. The Labute approximate surface area is 197 Å². The van der Waals surface area contributed by atoms with E-state index < -0.39 is 0 Å². The molecule has 6 aromatic rings. The van der Waals surface area contributed by atoms with E-state index in [0.717, 1.165) is 19.5 Å². The van der Waals surface area contributed by atoms with Crippen LogP contribution < -0.4 is 0 Å². The molecule has 0 spiro atoms. The molecule has 8 rings (SSSR count). The number of benzene rings is 4. The van der Waals surface area contributed by atoms with Crippen molar-refractivity contribution in [2.45, 2.75) is 32.6 Å². The Bertz CT molecular complexity index is 1760. The van der Waals surface area contributed by atoms with Gasteiger partial charge >= 0.3 is 0 Å². The lowest BCUT2D eigenvalue weighted by Crippen LogP contribution is -2.16. The molecule has 4 heterocycles. The van der Waals surface area contributed by atoms with Gasteiger partial charge in [-0.2, -0.15) is 5.26 Å². The molecule has 2 aliphatic rings. The minimum Gasteiger partial charge on any atom is -0.340 e. The van der Waals surface area contributed by atoms with Crippen LogP contribution in [-0.2, 0) is 26.2 Å². The SMILES string of the molecule is N#CN1Cc2ccc3c(c2)c2ccccc2n3CCCn2c3ccccc3c3c(cccc32)C1. The van der Waals surface area contributed by atoms with E-state index in [2.05, 4.69) is 100 Å². The van der Waals surface area contributed by atoms with Crippen LogP contribution in [0.1, 0.15) is 17.5 Å². The fourth-order valence-corrected chi connectivity index (χ4v) is 5.92. The Balaban J connectivity index is 1.48. The van der Waals surface area contributed by atoms with Crippen LogP contribution in [0.15, 0.2) is 84.9 Å². The lowest BCUT2D eigenvalue weighted by molar-refractivity contribution is 0.380. The Morgan fingerprint density at radius 3 is 2.12 bits per heavy atom. The zero-order valence-corrected chi connectivity index (χ0v) is 18.9. The van der Waals surface area contributed by atoms with E-state index in [0.29, 0.717) is 13.1 Å². The van der Waals surface area contributed by atoms with Crippen molar-refractivity contribution in [1.29, 1.82) is 5.26 Å². The molecule has 0 N–H and O–H groups in total. The van der Waals surface area contributed by atoms with Crippen LogP contribution in [0.25, 0.3) is 43.6 Å². The monoisotopic (exact) mass is 440 g/mol. The summed E-state index contributed by atoms with van der Waals surface area (Å²) in [5, 5.41) is 15.2. The van der Waals surface area contributed by atoms with E-state index in [-0.39, 0.29) is 0 Å². The van der Waals surface area contributed by atoms with E-state index in [1.807, 2.05) is 4.90 Å². The van der Waals surface area contributed by atoms with Gasteiger partial charge in [-0.15, -0.1) is 0 Å². The molecule has 0 radical (unpaired) electrons. The summed E-state index contributed by atoms with van der Waals surface area (Å²) >= 11 is 0.